The summed E-state index contributed by atoms with van der Waals surface area (Å²) < 4.78 is 4.68. The topological polar surface area (TPSA) is 62.4 Å². The molecule has 0 saturated heterocycles. The largest absolute Gasteiger partial charge is 0.464 e. The number of carbonyl (C=O) groups is 2. The molecular formula is C18H22N2O3. The zero-order valence-electron chi connectivity index (χ0n) is 13.8. The van der Waals surface area contributed by atoms with Crippen molar-refractivity contribution in [2.75, 3.05) is 20.2 Å². The highest BCUT2D eigenvalue weighted by Crippen LogP contribution is 2.21. The molecule has 0 aliphatic heterocycles. The lowest BCUT2D eigenvalue weighted by atomic mass is 10.1. The van der Waals surface area contributed by atoms with E-state index in [4.69, 9.17) is 0 Å². The summed E-state index contributed by atoms with van der Waals surface area (Å²) in [4.78, 5) is 28.6. The van der Waals surface area contributed by atoms with Crippen molar-refractivity contribution in [3.05, 3.63) is 47.8 Å². The molecule has 0 bridgehead atoms. The van der Waals surface area contributed by atoms with E-state index in [0.717, 1.165) is 24.1 Å². The lowest BCUT2D eigenvalue weighted by molar-refractivity contribution is 0.0594. The number of carbonyl (C=O) groups excluding carboxylic acids is 2. The average Bonchev–Trinajstić information content (AvgIpc) is 3.08. The third kappa shape index (κ3) is 3.80. The Morgan fingerprint density at radius 3 is 2.39 bits per heavy atom. The van der Waals surface area contributed by atoms with Gasteiger partial charge in [-0.05, 0) is 42.7 Å². The number of esters is 1. The van der Waals surface area contributed by atoms with Gasteiger partial charge < -0.3 is 14.6 Å². The highest BCUT2D eigenvalue weighted by molar-refractivity contribution is 5.95. The number of hydrogen-bond acceptors (Lipinski definition) is 3. The highest BCUT2D eigenvalue weighted by Gasteiger charge is 2.14. The summed E-state index contributed by atoms with van der Waals surface area (Å²) in [5, 5.41) is 0. The van der Waals surface area contributed by atoms with Crippen LogP contribution in [0.3, 0.4) is 0 Å². The van der Waals surface area contributed by atoms with Crippen LogP contribution in [0.1, 0.15) is 41.1 Å². The maximum atomic E-state index is 12.4. The van der Waals surface area contributed by atoms with Crippen molar-refractivity contribution < 1.29 is 14.3 Å². The van der Waals surface area contributed by atoms with E-state index < -0.39 is 5.97 Å². The van der Waals surface area contributed by atoms with E-state index in [-0.39, 0.29) is 5.91 Å². The molecule has 1 aromatic carbocycles. The molecule has 0 aliphatic rings. The molecule has 1 aromatic heterocycles. The zero-order valence-corrected chi connectivity index (χ0v) is 13.8. The summed E-state index contributed by atoms with van der Waals surface area (Å²) in [5.74, 6) is -0.355. The molecule has 2 aromatic rings. The van der Waals surface area contributed by atoms with Crippen LogP contribution in [-0.2, 0) is 4.74 Å². The molecular weight excluding hydrogens is 292 g/mol. The van der Waals surface area contributed by atoms with E-state index in [2.05, 4.69) is 16.6 Å². The maximum Gasteiger partial charge on any atom is 0.354 e. The summed E-state index contributed by atoms with van der Waals surface area (Å²) in [6, 6.07) is 9.15. The number of benzene rings is 1. The number of rotatable bonds is 6. The molecule has 122 valence electrons. The summed E-state index contributed by atoms with van der Waals surface area (Å²) in [7, 11) is 1.35. The normalized spacial score (nSPS) is 10.4. The van der Waals surface area contributed by atoms with Gasteiger partial charge in [0.1, 0.15) is 5.69 Å². The number of hydrogen-bond donors (Lipinski definition) is 1. The van der Waals surface area contributed by atoms with Gasteiger partial charge in [-0.25, -0.2) is 4.79 Å². The van der Waals surface area contributed by atoms with Gasteiger partial charge in [-0.3, -0.25) is 4.79 Å². The van der Waals surface area contributed by atoms with Gasteiger partial charge in [0.15, 0.2) is 0 Å². The third-order valence-corrected chi connectivity index (χ3v) is 3.72. The van der Waals surface area contributed by atoms with Crippen molar-refractivity contribution in [1.82, 2.24) is 9.88 Å². The number of nitrogens with zero attached hydrogens (tertiary/aromatic N) is 1. The summed E-state index contributed by atoms with van der Waals surface area (Å²) >= 11 is 0. The molecule has 0 aliphatic carbocycles. The average molecular weight is 314 g/mol. The Bertz CT molecular complexity index is 674. The third-order valence-electron chi connectivity index (χ3n) is 3.72. The Kier molecular flexibility index (Phi) is 5.57. The zero-order chi connectivity index (χ0) is 16.8. The second-order valence-corrected chi connectivity index (χ2v) is 5.26. The quantitative estimate of drug-likeness (QED) is 0.832. The van der Waals surface area contributed by atoms with Crippen LogP contribution in [0.4, 0.5) is 0 Å². The van der Waals surface area contributed by atoms with E-state index in [0.29, 0.717) is 17.8 Å². The van der Waals surface area contributed by atoms with Crippen LogP contribution in [0.25, 0.3) is 11.1 Å². The number of methoxy groups -OCH3 is 1. The Morgan fingerprint density at radius 1 is 1.13 bits per heavy atom. The predicted molar refractivity (Wildman–Crippen MR) is 89.4 cm³/mol. The Labute approximate surface area is 136 Å². The van der Waals surface area contributed by atoms with Crippen molar-refractivity contribution >= 4 is 11.9 Å². The van der Waals surface area contributed by atoms with Crippen LogP contribution in [0.2, 0.25) is 0 Å². The van der Waals surface area contributed by atoms with Crippen molar-refractivity contribution in [3.63, 3.8) is 0 Å². The minimum atomic E-state index is -0.402. The summed E-state index contributed by atoms with van der Waals surface area (Å²) in [6.45, 7) is 5.51. The second-order valence-electron chi connectivity index (χ2n) is 5.26. The predicted octanol–water partition coefficient (Wildman–Crippen LogP) is 3.34. The molecule has 1 N–H and O–H groups in total. The summed E-state index contributed by atoms with van der Waals surface area (Å²) in [6.07, 6.45) is 2.69. The Morgan fingerprint density at radius 2 is 1.83 bits per heavy atom. The van der Waals surface area contributed by atoms with Crippen LogP contribution in [0.15, 0.2) is 36.5 Å². The first-order chi connectivity index (χ1) is 11.1. The Balaban J connectivity index is 2.17. The van der Waals surface area contributed by atoms with Gasteiger partial charge in [-0.1, -0.05) is 19.1 Å². The van der Waals surface area contributed by atoms with Gasteiger partial charge in [-0.15, -0.1) is 0 Å². The highest BCUT2D eigenvalue weighted by atomic mass is 16.5. The minimum absolute atomic E-state index is 0.0465. The van der Waals surface area contributed by atoms with E-state index in [1.807, 2.05) is 36.1 Å². The van der Waals surface area contributed by atoms with E-state index in [1.165, 1.54) is 7.11 Å². The van der Waals surface area contributed by atoms with Gasteiger partial charge in [-0.2, -0.15) is 0 Å². The second kappa shape index (κ2) is 7.63. The van der Waals surface area contributed by atoms with Crippen molar-refractivity contribution in [1.29, 1.82) is 0 Å². The van der Waals surface area contributed by atoms with E-state index in [1.54, 1.807) is 12.3 Å². The maximum absolute atomic E-state index is 12.4. The SMILES string of the molecule is CCCN(CC)C(=O)c1ccc(-c2c[nH]c(C(=O)OC)c2)cc1. The molecule has 0 fully saturated rings. The lowest BCUT2D eigenvalue weighted by Crippen LogP contribution is -2.31. The summed E-state index contributed by atoms with van der Waals surface area (Å²) in [5.41, 5.74) is 2.90. The monoisotopic (exact) mass is 314 g/mol. The first kappa shape index (κ1) is 16.8. The minimum Gasteiger partial charge on any atom is -0.464 e. The fraction of sp³-hybridized carbons (Fsp3) is 0.333. The number of aromatic nitrogens is 1. The smallest absolute Gasteiger partial charge is 0.354 e. The van der Waals surface area contributed by atoms with Gasteiger partial charge in [0.25, 0.3) is 5.91 Å². The van der Waals surface area contributed by atoms with Crippen LogP contribution < -0.4 is 0 Å². The molecule has 0 saturated carbocycles. The standard InChI is InChI=1S/C18H22N2O3/c1-4-10-20(5-2)17(21)14-8-6-13(7-9-14)15-11-16(19-12-15)18(22)23-3/h6-9,11-12,19H,4-5,10H2,1-3H3. The molecule has 5 nitrogen and oxygen atoms in total. The van der Waals surface area contributed by atoms with Gasteiger partial charge in [0.05, 0.1) is 7.11 Å². The number of ether oxygens (including phenoxy) is 1. The number of aromatic amines is 1. The first-order valence-electron chi connectivity index (χ1n) is 7.77. The molecule has 0 radical (unpaired) electrons. The van der Waals surface area contributed by atoms with E-state index >= 15 is 0 Å². The number of H-pyrrole nitrogens is 1. The van der Waals surface area contributed by atoms with Crippen molar-refractivity contribution in [3.8, 4) is 11.1 Å². The van der Waals surface area contributed by atoms with Crippen LogP contribution in [0, 0.1) is 0 Å². The molecule has 23 heavy (non-hydrogen) atoms. The number of amides is 1. The molecule has 0 spiro atoms. The van der Waals surface area contributed by atoms with Crippen LogP contribution in [0.5, 0.6) is 0 Å². The molecule has 1 amide bonds. The van der Waals surface area contributed by atoms with Crippen molar-refractivity contribution in [2.24, 2.45) is 0 Å². The lowest BCUT2D eigenvalue weighted by Gasteiger charge is -2.20. The molecule has 0 atom stereocenters. The fourth-order valence-electron chi connectivity index (χ4n) is 2.45. The molecule has 0 unspecified atom stereocenters. The van der Waals surface area contributed by atoms with E-state index in [9.17, 15) is 9.59 Å². The first-order valence-corrected chi connectivity index (χ1v) is 7.77. The van der Waals surface area contributed by atoms with Crippen molar-refractivity contribution in [2.45, 2.75) is 20.3 Å². The fourth-order valence-corrected chi connectivity index (χ4v) is 2.45. The molecule has 2 rings (SSSR count). The number of nitrogens with one attached hydrogen (secondary N) is 1. The van der Waals surface area contributed by atoms with Gasteiger partial charge in [0, 0.05) is 24.8 Å². The van der Waals surface area contributed by atoms with Crippen LogP contribution in [-0.4, -0.2) is 42.0 Å². The van der Waals surface area contributed by atoms with Gasteiger partial charge in [0.2, 0.25) is 0 Å². The van der Waals surface area contributed by atoms with Gasteiger partial charge >= 0.3 is 5.97 Å². The molecule has 5 heteroatoms. The molecule has 1 heterocycles. The Hall–Kier alpha value is -2.56. The van der Waals surface area contributed by atoms with Crippen LogP contribution >= 0.6 is 0 Å².